The van der Waals surface area contributed by atoms with Gasteiger partial charge < -0.3 is 4.74 Å². The molecule has 3 heteroatoms. The highest BCUT2D eigenvalue weighted by atomic mass is 19.1. The van der Waals surface area contributed by atoms with Crippen molar-refractivity contribution in [3.05, 3.63) is 29.8 Å². The first-order chi connectivity index (χ1) is 4.83. The molecule has 0 saturated heterocycles. The normalized spacial score (nSPS) is 9.80. The summed E-state index contributed by atoms with van der Waals surface area (Å²) in [6, 6.07) is 4.06. The average Bonchev–Trinajstić information content (AvgIpc) is 1.88. The Balaban J connectivity index is 2.75. The summed E-state index contributed by atoms with van der Waals surface area (Å²) in [6.07, 6.45) is 1.39. The van der Waals surface area contributed by atoms with Crippen molar-refractivity contribution in [2.24, 2.45) is 0 Å². The molecule has 0 aromatic carbocycles. The molecule has 0 unspecified atom stereocenters. The Hall–Kier alpha value is -0.960. The Morgan fingerprint density at radius 1 is 1.80 bits per heavy atom. The first-order valence-electron chi connectivity index (χ1n) is 2.84. The minimum atomic E-state index is -0.588. The van der Waals surface area contributed by atoms with Crippen molar-refractivity contribution in [3.63, 3.8) is 0 Å². The highest BCUT2D eigenvalue weighted by molar-refractivity contribution is 5.07. The number of halogens is 1. The maximum atomic E-state index is 12.3. The van der Waals surface area contributed by atoms with E-state index in [0.717, 1.165) is 0 Å². The second-order valence-corrected chi connectivity index (χ2v) is 1.82. The third kappa shape index (κ3) is 1.77. The second-order valence-electron chi connectivity index (χ2n) is 1.82. The van der Waals surface area contributed by atoms with Gasteiger partial charge in [0.25, 0.3) is 0 Å². The first-order valence-corrected chi connectivity index (χ1v) is 2.84. The van der Waals surface area contributed by atoms with Gasteiger partial charge in [-0.2, -0.15) is 4.39 Å². The Morgan fingerprint density at radius 3 is 3.20 bits per heavy atom. The van der Waals surface area contributed by atoms with Crippen LogP contribution in [0.25, 0.3) is 0 Å². The van der Waals surface area contributed by atoms with Crippen LogP contribution >= 0.6 is 0 Å². The van der Waals surface area contributed by atoms with Crippen LogP contribution in [0.5, 0.6) is 0 Å². The zero-order valence-corrected chi connectivity index (χ0v) is 5.60. The summed E-state index contributed by atoms with van der Waals surface area (Å²) >= 11 is 0. The van der Waals surface area contributed by atoms with E-state index in [1.807, 2.05) is 0 Å². The van der Waals surface area contributed by atoms with Crippen molar-refractivity contribution in [3.8, 4) is 0 Å². The maximum Gasteiger partial charge on any atom is 0.221 e. The van der Waals surface area contributed by atoms with E-state index in [9.17, 15) is 4.39 Å². The lowest BCUT2D eigenvalue weighted by molar-refractivity contribution is 0.184. The molecular weight excluding hydrogens is 133 g/mol. The fourth-order valence-electron chi connectivity index (χ4n) is 0.639. The van der Waals surface area contributed by atoms with Crippen molar-refractivity contribution in [1.29, 1.82) is 0 Å². The summed E-state index contributed by atoms with van der Waals surface area (Å²) in [7, 11) is 1.55. The van der Waals surface area contributed by atoms with E-state index in [1.54, 1.807) is 13.2 Å². The van der Waals surface area contributed by atoms with E-state index < -0.39 is 5.95 Å². The first kappa shape index (κ1) is 7.15. The molecule has 10 heavy (non-hydrogen) atoms. The predicted octanol–water partition coefficient (Wildman–Crippen LogP) is 1.17. The van der Waals surface area contributed by atoms with Gasteiger partial charge in [-0.25, -0.2) is 4.98 Å². The minimum absolute atomic E-state index is 0.374. The van der Waals surface area contributed by atoms with Crippen LogP contribution in [-0.2, 0) is 11.3 Å². The number of pyridine rings is 1. The smallest absolute Gasteiger partial charge is 0.221 e. The largest absolute Gasteiger partial charge is 0.380 e. The number of methoxy groups -OCH3 is 1. The molecule has 0 bridgehead atoms. The summed E-state index contributed by atoms with van der Waals surface area (Å²) < 4.78 is 17.0. The lowest BCUT2D eigenvalue weighted by Gasteiger charge is -1.95. The summed E-state index contributed by atoms with van der Waals surface area (Å²) in [5, 5.41) is 0. The molecule has 53 valence electrons. The van der Waals surface area contributed by atoms with Gasteiger partial charge >= 0.3 is 0 Å². The van der Waals surface area contributed by atoms with Crippen LogP contribution in [0.1, 0.15) is 5.56 Å². The van der Waals surface area contributed by atoms with Gasteiger partial charge in [-0.1, -0.05) is 0 Å². The number of nitrogens with zero attached hydrogens (tertiary/aromatic N) is 1. The van der Waals surface area contributed by atoms with Crippen molar-refractivity contribution < 1.29 is 9.13 Å². The fraction of sp³-hybridized carbons (Fsp3) is 0.286. The van der Waals surface area contributed by atoms with E-state index in [2.05, 4.69) is 11.1 Å². The summed E-state index contributed by atoms with van der Waals surface area (Å²) in [4.78, 5) is 3.34. The fourth-order valence-corrected chi connectivity index (χ4v) is 0.639. The van der Waals surface area contributed by atoms with Crippen molar-refractivity contribution in [1.82, 2.24) is 4.98 Å². The van der Waals surface area contributed by atoms with Gasteiger partial charge in [0.05, 0.1) is 6.61 Å². The van der Waals surface area contributed by atoms with Crippen LogP contribution in [0.15, 0.2) is 12.3 Å². The molecule has 0 saturated carbocycles. The van der Waals surface area contributed by atoms with Gasteiger partial charge in [-0.3, -0.25) is 0 Å². The molecule has 0 aliphatic rings. The van der Waals surface area contributed by atoms with E-state index in [-0.39, 0.29) is 0 Å². The van der Waals surface area contributed by atoms with E-state index in [0.29, 0.717) is 12.2 Å². The molecule has 1 radical (unpaired) electrons. The van der Waals surface area contributed by atoms with Gasteiger partial charge in [0.1, 0.15) is 0 Å². The highest BCUT2D eigenvalue weighted by Crippen LogP contribution is 1.99. The van der Waals surface area contributed by atoms with Gasteiger partial charge in [-0.05, 0) is 11.6 Å². The minimum Gasteiger partial charge on any atom is -0.380 e. The van der Waals surface area contributed by atoms with Gasteiger partial charge in [0, 0.05) is 19.4 Å². The Labute approximate surface area is 58.7 Å². The van der Waals surface area contributed by atoms with Crippen LogP contribution in [-0.4, -0.2) is 12.1 Å². The van der Waals surface area contributed by atoms with Crippen LogP contribution in [0, 0.1) is 12.0 Å². The molecule has 0 spiro atoms. The number of rotatable bonds is 2. The number of hydrogen-bond acceptors (Lipinski definition) is 2. The van der Waals surface area contributed by atoms with Gasteiger partial charge in [0.15, 0.2) is 0 Å². The molecule has 0 aliphatic carbocycles. The lowest BCUT2D eigenvalue weighted by Crippen LogP contribution is -1.90. The molecule has 0 N–H and O–H groups in total. The predicted molar refractivity (Wildman–Crippen MR) is 33.7 cm³/mol. The molecule has 0 amide bonds. The maximum absolute atomic E-state index is 12.3. The molecule has 2 nitrogen and oxygen atoms in total. The monoisotopic (exact) mass is 140 g/mol. The third-order valence-electron chi connectivity index (χ3n) is 1.03. The van der Waals surface area contributed by atoms with Crippen LogP contribution < -0.4 is 0 Å². The van der Waals surface area contributed by atoms with Crippen molar-refractivity contribution >= 4 is 0 Å². The SMILES string of the molecule is COCc1[c]c(F)ncc1. The molecule has 0 atom stereocenters. The van der Waals surface area contributed by atoms with Crippen LogP contribution in [0.2, 0.25) is 0 Å². The molecule has 0 aliphatic heterocycles. The van der Waals surface area contributed by atoms with Crippen molar-refractivity contribution in [2.75, 3.05) is 7.11 Å². The zero-order valence-electron chi connectivity index (χ0n) is 5.60. The summed E-state index contributed by atoms with van der Waals surface area (Å²) in [5.41, 5.74) is 0.676. The zero-order chi connectivity index (χ0) is 7.40. The summed E-state index contributed by atoms with van der Waals surface area (Å²) in [5.74, 6) is -0.588. The number of hydrogen-bond donors (Lipinski definition) is 0. The third-order valence-corrected chi connectivity index (χ3v) is 1.03. The molecular formula is C7H7FNO. The molecule has 1 aromatic rings. The standard InChI is InChI=1S/C7H7FNO/c1-10-5-6-2-3-9-7(8)4-6/h2-3H,5H2,1H3. The van der Waals surface area contributed by atoms with Crippen molar-refractivity contribution in [2.45, 2.75) is 6.61 Å². The van der Waals surface area contributed by atoms with Gasteiger partial charge in [0.2, 0.25) is 5.95 Å². The molecule has 1 aromatic heterocycles. The van der Waals surface area contributed by atoms with Crippen LogP contribution in [0.3, 0.4) is 0 Å². The second kappa shape index (κ2) is 3.27. The summed E-state index contributed by atoms with van der Waals surface area (Å²) in [6.45, 7) is 0.374. The van der Waals surface area contributed by atoms with Crippen LogP contribution in [0.4, 0.5) is 4.39 Å². The average molecular weight is 140 g/mol. The Kier molecular flexibility index (Phi) is 2.34. The lowest BCUT2D eigenvalue weighted by atomic mass is 10.3. The molecule has 1 heterocycles. The highest BCUT2D eigenvalue weighted by Gasteiger charge is 1.94. The van der Waals surface area contributed by atoms with E-state index in [4.69, 9.17) is 4.74 Å². The Bertz CT molecular complexity index is 215. The number of aromatic nitrogens is 1. The topological polar surface area (TPSA) is 22.1 Å². The Morgan fingerprint density at radius 2 is 2.60 bits per heavy atom. The van der Waals surface area contributed by atoms with E-state index in [1.165, 1.54) is 6.20 Å². The van der Waals surface area contributed by atoms with Gasteiger partial charge in [-0.15, -0.1) is 0 Å². The van der Waals surface area contributed by atoms with E-state index >= 15 is 0 Å². The quantitative estimate of drug-likeness (QED) is 0.575. The number of ether oxygens (including phenoxy) is 1. The molecule has 0 fully saturated rings. The molecule has 1 rings (SSSR count).